The van der Waals surface area contributed by atoms with Gasteiger partial charge in [0, 0.05) is 18.0 Å². The van der Waals surface area contributed by atoms with Crippen molar-refractivity contribution in [3.63, 3.8) is 0 Å². The predicted molar refractivity (Wildman–Crippen MR) is 135 cm³/mol. The molecule has 5 rings (SSSR count). The summed E-state index contributed by atoms with van der Waals surface area (Å²) in [5.74, 6) is -0.0473. The quantitative estimate of drug-likeness (QED) is 0.531. The minimum Gasteiger partial charge on any atom is -0.481 e. The zero-order valence-corrected chi connectivity index (χ0v) is 20.8. The summed E-state index contributed by atoms with van der Waals surface area (Å²) in [7, 11) is 1.39. The van der Waals surface area contributed by atoms with E-state index in [0.29, 0.717) is 25.9 Å². The van der Waals surface area contributed by atoms with Crippen molar-refractivity contribution in [1.29, 1.82) is 0 Å². The van der Waals surface area contributed by atoms with Crippen molar-refractivity contribution in [3.05, 3.63) is 65.0 Å². The number of aliphatic hydroxyl groups excluding tert-OH is 1. The van der Waals surface area contributed by atoms with Gasteiger partial charge >= 0.3 is 12.1 Å². The molecule has 190 valence electrons. The Bertz CT molecular complexity index is 1260. The van der Waals surface area contributed by atoms with Gasteiger partial charge in [0.15, 0.2) is 0 Å². The molecular weight excluding hydrogens is 458 g/mol. The normalized spacial score (nSPS) is 21.6. The van der Waals surface area contributed by atoms with Gasteiger partial charge in [-0.1, -0.05) is 36.4 Å². The number of fused-ring (bicyclic) bond motifs is 3. The topological polar surface area (TPSA) is 105 Å². The van der Waals surface area contributed by atoms with Crippen molar-refractivity contribution in [2.75, 3.05) is 13.7 Å². The number of aliphatic hydroxyl groups is 1. The molecule has 1 fully saturated rings. The molecule has 3 aromatic rings. The zero-order valence-electron chi connectivity index (χ0n) is 20.8. The van der Waals surface area contributed by atoms with Crippen LogP contribution in [0, 0.1) is 5.92 Å². The Morgan fingerprint density at radius 2 is 1.81 bits per heavy atom. The molecule has 0 unspecified atom stereocenters. The van der Waals surface area contributed by atoms with Crippen LogP contribution in [0.5, 0.6) is 0 Å². The number of carboxylic acid groups (broad SMARTS) is 1. The number of carbonyl (C=O) groups excluding carboxylic acids is 1. The largest absolute Gasteiger partial charge is 0.481 e. The van der Waals surface area contributed by atoms with Gasteiger partial charge in [0.25, 0.3) is 0 Å². The summed E-state index contributed by atoms with van der Waals surface area (Å²) in [6, 6.07) is 13.5. The minimum absolute atomic E-state index is 0.106. The van der Waals surface area contributed by atoms with Crippen molar-refractivity contribution in [1.82, 2.24) is 14.5 Å². The lowest BCUT2D eigenvalue weighted by atomic mass is 9.81. The Morgan fingerprint density at radius 1 is 1.08 bits per heavy atom. The van der Waals surface area contributed by atoms with Crippen molar-refractivity contribution in [2.24, 2.45) is 5.92 Å². The molecule has 2 aliphatic rings. The van der Waals surface area contributed by atoms with E-state index in [4.69, 9.17) is 9.72 Å². The fourth-order valence-electron chi connectivity index (χ4n) is 5.88. The smallest absolute Gasteiger partial charge is 0.409 e. The zero-order chi connectivity index (χ0) is 25.4. The van der Waals surface area contributed by atoms with Gasteiger partial charge in [0.1, 0.15) is 5.82 Å². The molecule has 1 aliphatic heterocycles. The summed E-state index contributed by atoms with van der Waals surface area (Å²) in [5, 5.41) is 20.8. The Kier molecular flexibility index (Phi) is 6.71. The molecule has 1 aliphatic carbocycles. The van der Waals surface area contributed by atoms with E-state index in [1.165, 1.54) is 12.7 Å². The second-order valence-electron chi connectivity index (χ2n) is 10.0. The number of imidazole rings is 1. The molecule has 36 heavy (non-hydrogen) atoms. The maximum atomic E-state index is 12.3. The molecule has 0 spiro atoms. The molecular formula is C28H33N3O5. The fraction of sp³-hybridized carbons (Fsp3) is 0.464. The number of benzene rings is 2. The highest BCUT2D eigenvalue weighted by molar-refractivity contribution is 5.82. The van der Waals surface area contributed by atoms with E-state index < -0.39 is 12.1 Å². The highest BCUT2D eigenvalue weighted by atomic mass is 16.5. The van der Waals surface area contributed by atoms with E-state index in [1.807, 2.05) is 37.3 Å². The lowest BCUT2D eigenvalue weighted by Crippen LogP contribution is -2.35. The number of aromatic nitrogens is 2. The van der Waals surface area contributed by atoms with E-state index >= 15 is 0 Å². The number of hydrogen-bond acceptors (Lipinski definition) is 5. The first-order valence-electron chi connectivity index (χ1n) is 12.7. The lowest BCUT2D eigenvalue weighted by molar-refractivity contribution is -0.142. The van der Waals surface area contributed by atoms with Gasteiger partial charge in [0.2, 0.25) is 0 Å². The molecule has 2 atom stereocenters. The Labute approximate surface area is 210 Å². The molecule has 1 amide bonds. The third kappa shape index (κ3) is 4.34. The van der Waals surface area contributed by atoms with E-state index in [9.17, 15) is 19.8 Å². The SMILES string of the molecule is COC(=O)N1CCc2ccc3c(nc(C4CCC(C(=O)O)CC4)n3[C@@H](C)[C@@H](O)c3ccccc3)c2C1. The number of amides is 1. The van der Waals surface area contributed by atoms with Crippen molar-refractivity contribution < 1.29 is 24.5 Å². The predicted octanol–water partition coefficient (Wildman–Crippen LogP) is 4.81. The lowest BCUT2D eigenvalue weighted by Gasteiger charge is -2.30. The summed E-state index contributed by atoms with van der Waals surface area (Å²) >= 11 is 0. The van der Waals surface area contributed by atoms with Crippen LogP contribution in [0.3, 0.4) is 0 Å². The molecule has 1 saturated carbocycles. The summed E-state index contributed by atoms with van der Waals surface area (Å²) in [6.07, 6.45) is 2.36. The minimum atomic E-state index is -0.736. The van der Waals surface area contributed by atoms with E-state index in [0.717, 1.165) is 47.2 Å². The second-order valence-corrected chi connectivity index (χ2v) is 10.0. The molecule has 2 N–H and O–H groups in total. The molecule has 8 nitrogen and oxygen atoms in total. The first kappa shape index (κ1) is 24.3. The van der Waals surface area contributed by atoms with Crippen LogP contribution in [0.1, 0.15) is 73.2 Å². The highest BCUT2D eigenvalue weighted by Crippen LogP contribution is 2.41. The Morgan fingerprint density at radius 3 is 2.47 bits per heavy atom. The molecule has 0 radical (unpaired) electrons. The van der Waals surface area contributed by atoms with Gasteiger partial charge in [-0.2, -0.15) is 0 Å². The van der Waals surface area contributed by atoms with Crippen LogP contribution >= 0.6 is 0 Å². The average Bonchev–Trinajstić information content (AvgIpc) is 3.32. The maximum Gasteiger partial charge on any atom is 0.409 e. The van der Waals surface area contributed by atoms with Gasteiger partial charge in [-0.25, -0.2) is 9.78 Å². The van der Waals surface area contributed by atoms with Crippen LogP contribution in [0.15, 0.2) is 42.5 Å². The van der Waals surface area contributed by atoms with E-state index in [-0.39, 0.29) is 24.0 Å². The van der Waals surface area contributed by atoms with Gasteiger partial charge in [-0.15, -0.1) is 0 Å². The third-order valence-electron chi connectivity index (χ3n) is 7.97. The number of methoxy groups -OCH3 is 1. The number of rotatable bonds is 5. The summed E-state index contributed by atoms with van der Waals surface area (Å²) in [5.41, 5.74) is 4.80. The van der Waals surface area contributed by atoms with Crippen molar-refractivity contribution in [3.8, 4) is 0 Å². The average molecular weight is 492 g/mol. The third-order valence-corrected chi connectivity index (χ3v) is 7.97. The van der Waals surface area contributed by atoms with Gasteiger partial charge in [0.05, 0.1) is 42.8 Å². The monoisotopic (exact) mass is 491 g/mol. The first-order valence-corrected chi connectivity index (χ1v) is 12.7. The summed E-state index contributed by atoms with van der Waals surface area (Å²) in [4.78, 5) is 30.7. The maximum absolute atomic E-state index is 12.3. The number of carbonyl (C=O) groups is 2. The number of hydrogen-bond donors (Lipinski definition) is 2. The van der Waals surface area contributed by atoms with Crippen LogP contribution in [0.2, 0.25) is 0 Å². The van der Waals surface area contributed by atoms with E-state index in [2.05, 4.69) is 16.7 Å². The number of aliphatic carboxylic acids is 1. The standard InChI is InChI=1S/C28H33N3O5/c1-17(25(32)19-6-4-3-5-7-19)31-23-13-12-18-14-15-30(28(35)36-2)16-22(18)24(23)29-26(31)20-8-10-21(11-9-20)27(33)34/h3-7,12-13,17,20-21,25,32H,8-11,14-16H2,1-2H3,(H,33,34)/t17-,20?,21?,25+/m0/s1. The van der Waals surface area contributed by atoms with Crippen LogP contribution in [-0.2, 0) is 22.5 Å². The molecule has 1 aromatic heterocycles. The molecule has 2 heterocycles. The Balaban J connectivity index is 1.60. The van der Waals surface area contributed by atoms with Gasteiger partial charge in [-0.05, 0) is 56.2 Å². The highest BCUT2D eigenvalue weighted by Gasteiger charge is 2.34. The summed E-state index contributed by atoms with van der Waals surface area (Å²) in [6.45, 7) is 3.03. The molecule has 0 bridgehead atoms. The molecule has 8 heteroatoms. The van der Waals surface area contributed by atoms with Gasteiger partial charge < -0.3 is 24.4 Å². The van der Waals surface area contributed by atoms with Crippen molar-refractivity contribution in [2.45, 2.75) is 63.6 Å². The molecule has 0 saturated heterocycles. The Hall–Kier alpha value is -3.39. The fourth-order valence-corrected chi connectivity index (χ4v) is 5.88. The van der Waals surface area contributed by atoms with Crippen molar-refractivity contribution >= 4 is 23.1 Å². The van der Waals surface area contributed by atoms with Crippen LogP contribution in [0.4, 0.5) is 4.79 Å². The van der Waals surface area contributed by atoms with Crippen LogP contribution < -0.4 is 0 Å². The first-order chi connectivity index (χ1) is 17.4. The van der Waals surface area contributed by atoms with Crippen LogP contribution in [0.25, 0.3) is 11.0 Å². The van der Waals surface area contributed by atoms with Gasteiger partial charge in [-0.3, -0.25) is 4.79 Å². The second kappa shape index (κ2) is 9.93. The molecule has 2 aromatic carbocycles. The summed E-state index contributed by atoms with van der Waals surface area (Å²) < 4.78 is 7.12. The number of carboxylic acids is 1. The van der Waals surface area contributed by atoms with E-state index in [1.54, 1.807) is 4.90 Å². The number of ether oxygens (including phenoxy) is 1. The van der Waals surface area contributed by atoms with Crippen LogP contribution in [-0.4, -0.2) is 50.4 Å². The number of nitrogens with zero attached hydrogens (tertiary/aromatic N) is 3.